The van der Waals surface area contributed by atoms with Gasteiger partial charge in [0.2, 0.25) is 0 Å². The number of pyridine rings is 1. The maximum absolute atomic E-state index is 12.6. The first-order valence-electron chi connectivity index (χ1n) is 6.68. The molecule has 0 saturated heterocycles. The molecular formula is C14H13N3O2S2. The minimum Gasteiger partial charge on any atom is -0.275 e. The third-order valence-corrected chi connectivity index (χ3v) is 6.47. The van der Waals surface area contributed by atoms with Gasteiger partial charge in [0.15, 0.2) is 0 Å². The molecule has 1 fully saturated rings. The Balaban J connectivity index is 1.74. The normalized spacial score (nSPS) is 15.4. The Labute approximate surface area is 126 Å². The van der Waals surface area contributed by atoms with Crippen molar-refractivity contribution in [3.63, 3.8) is 0 Å². The molecular weight excluding hydrogens is 306 g/mol. The van der Waals surface area contributed by atoms with Crippen molar-refractivity contribution in [2.24, 2.45) is 0 Å². The molecule has 7 heteroatoms. The molecule has 1 aliphatic carbocycles. The second-order valence-electron chi connectivity index (χ2n) is 5.13. The molecule has 4 rings (SSSR count). The fourth-order valence-corrected chi connectivity index (χ4v) is 5.02. The fourth-order valence-electron chi connectivity index (χ4n) is 2.43. The number of thiophene rings is 1. The first-order chi connectivity index (χ1) is 10.1. The quantitative estimate of drug-likeness (QED) is 0.804. The Morgan fingerprint density at radius 2 is 2.14 bits per heavy atom. The van der Waals surface area contributed by atoms with Crippen molar-refractivity contribution in [1.82, 2.24) is 9.61 Å². The van der Waals surface area contributed by atoms with E-state index in [-0.39, 0.29) is 0 Å². The number of hydrogen-bond donors (Lipinski definition) is 1. The molecule has 108 valence electrons. The van der Waals surface area contributed by atoms with Crippen molar-refractivity contribution in [2.45, 2.75) is 23.0 Å². The minimum atomic E-state index is -3.55. The maximum Gasteiger partial charge on any atom is 0.271 e. The number of hydrogen-bond acceptors (Lipinski definition) is 4. The molecule has 5 nitrogen and oxygen atoms in total. The van der Waals surface area contributed by atoms with Crippen LogP contribution in [0.5, 0.6) is 0 Å². The van der Waals surface area contributed by atoms with Gasteiger partial charge in [-0.05, 0) is 47.9 Å². The second kappa shape index (κ2) is 4.57. The summed E-state index contributed by atoms with van der Waals surface area (Å²) in [5.74, 6) is 0.409. The van der Waals surface area contributed by atoms with Crippen LogP contribution in [0.25, 0.3) is 5.52 Å². The summed E-state index contributed by atoms with van der Waals surface area (Å²) in [6.45, 7) is 0. The van der Waals surface area contributed by atoms with Crippen LogP contribution in [0.2, 0.25) is 0 Å². The second-order valence-corrected chi connectivity index (χ2v) is 7.93. The zero-order valence-corrected chi connectivity index (χ0v) is 12.7. The number of nitrogens with zero attached hydrogens (tertiary/aromatic N) is 2. The van der Waals surface area contributed by atoms with Gasteiger partial charge in [-0.2, -0.15) is 5.10 Å². The van der Waals surface area contributed by atoms with E-state index in [1.807, 2.05) is 29.6 Å². The molecule has 1 N–H and O–H groups in total. The molecule has 0 aliphatic heterocycles. The number of fused-ring (bicyclic) bond motifs is 1. The molecule has 3 heterocycles. The Morgan fingerprint density at radius 3 is 2.95 bits per heavy atom. The lowest BCUT2D eigenvalue weighted by Gasteiger charge is -2.07. The zero-order chi connectivity index (χ0) is 14.4. The third-order valence-electron chi connectivity index (χ3n) is 3.59. The summed E-state index contributed by atoms with van der Waals surface area (Å²) in [4.78, 5) is 0. The van der Waals surface area contributed by atoms with Crippen molar-refractivity contribution in [3.05, 3.63) is 47.6 Å². The summed E-state index contributed by atoms with van der Waals surface area (Å²) in [5.41, 5.74) is 2.19. The van der Waals surface area contributed by atoms with Gasteiger partial charge in [0.25, 0.3) is 10.0 Å². The van der Waals surface area contributed by atoms with E-state index in [1.165, 1.54) is 17.5 Å². The molecule has 0 aromatic carbocycles. The van der Waals surface area contributed by atoms with Gasteiger partial charge in [-0.25, -0.2) is 12.9 Å². The minimum absolute atomic E-state index is 0.409. The van der Waals surface area contributed by atoms with Crippen LogP contribution in [0.1, 0.15) is 24.3 Å². The van der Waals surface area contributed by atoms with Gasteiger partial charge in [-0.15, -0.1) is 11.3 Å². The lowest BCUT2D eigenvalue weighted by atomic mass is 10.2. The Hall–Kier alpha value is -1.86. The Morgan fingerprint density at radius 1 is 1.29 bits per heavy atom. The molecule has 0 radical (unpaired) electrons. The highest BCUT2D eigenvalue weighted by Gasteiger charge is 2.31. The van der Waals surface area contributed by atoms with Crippen molar-refractivity contribution < 1.29 is 8.42 Å². The van der Waals surface area contributed by atoms with E-state index in [1.54, 1.807) is 10.7 Å². The van der Waals surface area contributed by atoms with E-state index >= 15 is 0 Å². The fraction of sp³-hybridized carbons (Fsp3) is 0.214. The van der Waals surface area contributed by atoms with E-state index in [0.717, 1.165) is 23.9 Å². The number of sulfonamides is 1. The molecule has 0 unspecified atom stereocenters. The average molecular weight is 319 g/mol. The van der Waals surface area contributed by atoms with Gasteiger partial charge in [0, 0.05) is 6.20 Å². The van der Waals surface area contributed by atoms with Gasteiger partial charge in [-0.1, -0.05) is 6.07 Å². The van der Waals surface area contributed by atoms with Gasteiger partial charge in [-0.3, -0.25) is 4.72 Å². The van der Waals surface area contributed by atoms with Gasteiger partial charge >= 0.3 is 0 Å². The van der Waals surface area contributed by atoms with Crippen LogP contribution in [-0.4, -0.2) is 18.0 Å². The topological polar surface area (TPSA) is 63.5 Å². The standard InChI is InChI=1S/C14H13N3O2S2/c18-21(19,14-11(6-8-20-14)10-4-5-10)16-12-9-15-17-7-2-1-3-13(12)17/h1-3,6-10,16H,4-5H2. The van der Waals surface area contributed by atoms with Crippen LogP contribution in [0.4, 0.5) is 5.69 Å². The predicted octanol–water partition coefficient (Wildman–Crippen LogP) is 3.07. The molecule has 21 heavy (non-hydrogen) atoms. The summed E-state index contributed by atoms with van der Waals surface area (Å²) in [6.07, 6.45) is 5.48. The van der Waals surface area contributed by atoms with Gasteiger partial charge in [0.1, 0.15) is 4.21 Å². The lowest BCUT2D eigenvalue weighted by molar-refractivity contribution is 0.602. The highest BCUT2D eigenvalue weighted by Crippen LogP contribution is 2.45. The van der Waals surface area contributed by atoms with Crippen molar-refractivity contribution in [3.8, 4) is 0 Å². The first kappa shape index (κ1) is 12.8. The monoisotopic (exact) mass is 319 g/mol. The molecule has 0 bridgehead atoms. The highest BCUT2D eigenvalue weighted by atomic mass is 32.2. The molecule has 0 atom stereocenters. The summed E-state index contributed by atoms with van der Waals surface area (Å²) in [5, 5.41) is 5.99. The Kier molecular flexibility index (Phi) is 2.80. The summed E-state index contributed by atoms with van der Waals surface area (Å²) < 4.78 is 30.0. The molecule has 1 aliphatic rings. The van der Waals surface area contributed by atoms with E-state index in [4.69, 9.17) is 0 Å². The predicted molar refractivity (Wildman–Crippen MR) is 82.3 cm³/mol. The van der Waals surface area contributed by atoms with Crippen LogP contribution in [0.15, 0.2) is 46.2 Å². The molecule has 0 amide bonds. The molecule has 1 saturated carbocycles. The van der Waals surface area contributed by atoms with Crippen LogP contribution in [-0.2, 0) is 10.0 Å². The summed E-state index contributed by atoms with van der Waals surface area (Å²) in [7, 11) is -3.55. The first-order valence-corrected chi connectivity index (χ1v) is 9.04. The highest BCUT2D eigenvalue weighted by molar-refractivity contribution is 7.94. The smallest absolute Gasteiger partial charge is 0.271 e. The van der Waals surface area contributed by atoms with Crippen LogP contribution >= 0.6 is 11.3 Å². The third kappa shape index (κ3) is 2.22. The van der Waals surface area contributed by atoms with E-state index < -0.39 is 10.0 Å². The summed E-state index contributed by atoms with van der Waals surface area (Å²) in [6, 6.07) is 7.46. The molecule has 0 spiro atoms. The van der Waals surface area contributed by atoms with Gasteiger partial charge in [0.05, 0.1) is 17.4 Å². The van der Waals surface area contributed by atoms with Crippen LogP contribution in [0.3, 0.4) is 0 Å². The zero-order valence-electron chi connectivity index (χ0n) is 11.1. The number of rotatable bonds is 4. The van der Waals surface area contributed by atoms with Crippen molar-refractivity contribution in [1.29, 1.82) is 0 Å². The summed E-state index contributed by atoms with van der Waals surface area (Å²) >= 11 is 1.27. The number of nitrogens with one attached hydrogen (secondary N) is 1. The number of aromatic nitrogens is 2. The largest absolute Gasteiger partial charge is 0.275 e. The van der Waals surface area contributed by atoms with E-state index in [9.17, 15) is 8.42 Å². The molecule has 3 aromatic rings. The van der Waals surface area contributed by atoms with Gasteiger partial charge < -0.3 is 0 Å². The van der Waals surface area contributed by atoms with Crippen LogP contribution in [0, 0.1) is 0 Å². The maximum atomic E-state index is 12.6. The van der Waals surface area contributed by atoms with Crippen LogP contribution < -0.4 is 4.72 Å². The molecule has 3 aromatic heterocycles. The SMILES string of the molecule is O=S(=O)(Nc1cnn2ccccc12)c1sccc1C1CC1. The number of anilines is 1. The average Bonchev–Trinajstić information content (AvgIpc) is 3.05. The van der Waals surface area contributed by atoms with Crippen molar-refractivity contribution >= 4 is 32.6 Å². The Bertz CT molecular complexity index is 907. The van der Waals surface area contributed by atoms with E-state index in [0.29, 0.717) is 15.8 Å². The van der Waals surface area contributed by atoms with Crippen molar-refractivity contribution in [2.75, 3.05) is 4.72 Å². The lowest BCUT2D eigenvalue weighted by Crippen LogP contribution is -2.12. The van der Waals surface area contributed by atoms with E-state index in [2.05, 4.69) is 9.82 Å².